The predicted molar refractivity (Wildman–Crippen MR) is 101 cm³/mol. The van der Waals surface area contributed by atoms with E-state index in [-0.39, 0.29) is 0 Å². The third kappa shape index (κ3) is 3.67. The molecule has 0 aromatic carbocycles. The van der Waals surface area contributed by atoms with Gasteiger partial charge in [0.2, 0.25) is 10.0 Å². The molecule has 3 heterocycles. The van der Waals surface area contributed by atoms with E-state index in [1.54, 1.807) is 23.0 Å². The van der Waals surface area contributed by atoms with Gasteiger partial charge in [-0.05, 0) is 51.4 Å². The molecule has 0 amide bonds. The lowest BCUT2D eigenvalue weighted by atomic mass is 9.94. The van der Waals surface area contributed by atoms with Gasteiger partial charge in [0.1, 0.15) is 17.0 Å². The lowest BCUT2D eigenvalue weighted by molar-refractivity contribution is 0.268. The number of aromatic nitrogens is 5. The van der Waals surface area contributed by atoms with Gasteiger partial charge in [-0.25, -0.2) is 8.42 Å². The lowest BCUT2D eigenvalue weighted by Gasteiger charge is -2.31. The summed E-state index contributed by atoms with van der Waals surface area (Å²) < 4.78 is 31.6. The van der Waals surface area contributed by atoms with Gasteiger partial charge in [0.25, 0.3) is 0 Å². The average Bonchev–Trinajstić information content (AvgIpc) is 3.27. The topological polar surface area (TPSA) is 85.9 Å². The number of nitrogens with zero attached hydrogens (tertiary/aromatic N) is 6. The molecule has 1 aliphatic carbocycles. The highest BCUT2D eigenvalue weighted by atomic mass is 32.2. The van der Waals surface area contributed by atoms with Crippen LogP contribution in [0.1, 0.15) is 42.9 Å². The van der Waals surface area contributed by atoms with Crippen LogP contribution in [0.25, 0.3) is 0 Å². The van der Waals surface area contributed by atoms with Crippen LogP contribution in [0.5, 0.6) is 0 Å². The number of sulfonamides is 1. The van der Waals surface area contributed by atoms with Crippen LogP contribution < -0.4 is 0 Å². The van der Waals surface area contributed by atoms with E-state index in [0.717, 1.165) is 37.5 Å². The maximum Gasteiger partial charge on any atom is 0.246 e. The molecular weight excluding hydrogens is 364 g/mol. The summed E-state index contributed by atoms with van der Waals surface area (Å²) in [7, 11) is -1.70. The molecule has 2 aliphatic rings. The molecule has 8 nitrogen and oxygen atoms in total. The minimum atomic E-state index is -3.49. The van der Waals surface area contributed by atoms with Crippen LogP contribution in [0.3, 0.4) is 0 Å². The maximum atomic E-state index is 13.1. The van der Waals surface area contributed by atoms with Gasteiger partial charge in [-0.2, -0.15) is 9.40 Å². The predicted octanol–water partition coefficient (Wildman–Crippen LogP) is 1.68. The molecule has 0 radical (unpaired) electrons. The van der Waals surface area contributed by atoms with Crippen molar-refractivity contribution in [1.82, 2.24) is 28.9 Å². The number of aryl methyl sites for hydroxylation is 2. The largest absolute Gasteiger partial charge is 0.317 e. The van der Waals surface area contributed by atoms with Gasteiger partial charge in [0.05, 0.1) is 11.4 Å². The van der Waals surface area contributed by atoms with Gasteiger partial charge in [0.15, 0.2) is 0 Å². The smallest absolute Gasteiger partial charge is 0.246 e. The second-order valence-electron chi connectivity index (χ2n) is 8.02. The van der Waals surface area contributed by atoms with Gasteiger partial charge < -0.3 is 4.57 Å². The molecule has 148 valence electrons. The highest BCUT2D eigenvalue weighted by Gasteiger charge is 2.34. The lowest BCUT2D eigenvalue weighted by Crippen LogP contribution is -2.39. The SMILES string of the molecule is Cc1nn(C)c(C)c1S(=O)(=O)N1CCC(Cc2nncn2CC2CC2)CC1. The molecule has 2 aromatic rings. The van der Waals surface area contributed by atoms with E-state index < -0.39 is 10.0 Å². The Morgan fingerprint density at radius 3 is 2.41 bits per heavy atom. The van der Waals surface area contributed by atoms with E-state index >= 15 is 0 Å². The quantitative estimate of drug-likeness (QED) is 0.747. The highest BCUT2D eigenvalue weighted by Crippen LogP contribution is 2.32. The first-order chi connectivity index (χ1) is 12.9. The van der Waals surface area contributed by atoms with Crippen molar-refractivity contribution in [2.45, 2.75) is 57.4 Å². The molecule has 0 N–H and O–H groups in total. The van der Waals surface area contributed by atoms with Crippen LogP contribution in [0, 0.1) is 25.7 Å². The molecule has 0 bridgehead atoms. The molecule has 9 heteroatoms. The molecular formula is C18H28N6O2S. The molecule has 4 rings (SSSR count). The Morgan fingerprint density at radius 1 is 1.11 bits per heavy atom. The Hall–Kier alpha value is -1.74. The first kappa shape index (κ1) is 18.6. The first-order valence-electron chi connectivity index (χ1n) is 9.73. The summed E-state index contributed by atoms with van der Waals surface area (Å²) in [5.41, 5.74) is 1.27. The first-order valence-corrected chi connectivity index (χ1v) is 11.2. The molecule has 0 unspecified atom stereocenters. The third-order valence-electron chi connectivity index (χ3n) is 5.93. The Bertz CT molecular complexity index is 920. The fraction of sp³-hybridized carbons (Fsp3) is 0.722. The van der Waals surface area contributed by atoms with Crippen molar-refractivity contribution in [2.75, 3.05) is 13.1 Å². The van der Waals surface area contributed by atoms with Crippen molar-refractivity contribution in [1.29, 1.82) is 0 Å². The van der Waals surface area contributed by atoms with E-state index in [2.05, 4.69) is 19.9 Å². The fourth-order valence-corrected chi connectivity index (χ4v) is 5.91. The van der Waals surface area contributed by atoms with Crippen molar-refractivity contribution < 1.29 is 8.42 Å². The fourth-order valence-electron chi connectivity index (χ4n) is 4.04. The molecule has 0 atom stereocenters. The summed E-state index contributed by atoms with van der Waals surface area (Å²) in [5, 5.41) is 12.7. The molecule has 1 saturated carbocycles. The van der Waals surface area contributed by atoms with Gasteiger partial charge in [-0.3, -0.25) is 4.68 Å². The van der Waals surface area contributed by atoms with Gasteiger partial charge >= 0.3 is 0 Å². The van der Waals surface area contributed by atoms with Crippen LogP contribution in [0.4, 0.5) is 0 Å². The highest BCUT2D eigenvalue weighted by molar-refractivity contribution is 7.89. The zero-order valence-corrected chi connectivity index (χ0v) is 17.1. The second-order valence-corrected chi connectivity index (χ2v) is 9.89. The van der Waals surface area contributed by atoms with Crippen LogP contribution in [-0.2, 0) is 30.0 Å². The minimum absolute atomic E-state index is 0.368. The van der Waals surface area contributed by atoms with Crippen LogP contribution in [-0.4, -0.2) is 50.4 Å². The van der Waals surface area contributed by atoms with Crippen molar-refractivity contribution in [3.8, 4) is 0 Å². The van der Waals surface area contributed by atoms with Crippen LogP contribution in [0.2, 0.25) is 0 Å². The molecule has 2 fully saturated rings. The van der Waals surface area contributed by atoms with Gasteiger partial charge in [-0.15, -0.1) is 10.2 Å². The Morgan fingerprint density at radius 2 is 1.81 bits per heavy atom. The van der Waals surface area contributed by atoms with E-state index in [1.807, 2.05) is 13.3 Å². The van der Waals surface area contributed by atoms with E-state index in [0.29, 0.717) is 35.3 Å². The minimum Gasteiger partial charge on any atom is -0.317 e. The molecule has 27 heavy (non-hydrogen) atoms. The zero-order valence-electron chi connectivity index (χ0n) is 16.3. The third-order valence-corrected chi connectivity index (χ3v) is 8.08. The molecule has 1 aliphatic heterocycles. The van der Waals surface area contributed by atoms with Crippen molar-refractivity contribution >= 4 is 10.0 Å². The normalized spacial score (nSPS) is 19.7. The molecule has 2 aromatic heterocycles. The van der Waals surface area contributed by atoms with E-state index in [4.69, 9.17) is 0 Å². The van der Waals surface area contributed by atoms with Crippen LogP contribution in [0.15, 0.2) is 11.2 Å². The summed E-state index contributed by atoms with van der Waals surface area (Å²) in [6.07, 6.45) is 7.04. The summed E-state index contributed by atoms with van der Waals surface area (Å²) in [6, 6.07) is 0. The Kier molecular flexibility index (Phi) is 4.84. The molecule has 1 saturated heterocycles. The van der Waals surface area contributed by atoms with E-state index in [9.17, 15) is 8.42 Å². The van der Waals surface area contributed by atoms with Crippen molar-refractivity contribution in [3.63, 3.8) is 0 Å². The monoisotopic (exact) mass is 392 g/mol. The Balaban J connectivity index is 1.41. The number of piperidine rings is 1. The Labute approximate surface area is 160 Å². The van der Waals surface area contributed by atoms with Crippen LogP contribution >= 0.6 is 0 Å². The maximum absolute atomic E-state index is 13.1. The van der Waals surface area contributed by atoms with E-state index in [1.165, 1.54) is 12.8 Å². The second kappa shape index (κ2) is 7.01. The number of hydrogen-bond acceptors (Lipinski definition) is 5. The summed E-state index contributed by atoms with van der Waals surface area (Å²) >= 11 is 0. The molecule has 0 spiro atoms. The standard InChI is InChI=1S/C18H28N6O2S/c1-13-18(14(2)22(3)21-13)27(25,26)24-8-6-15(7-9-24)10-17-20-19-12-23(17)11-16-4-5-16/h12,15-16H,4-11H2,1-3H3. The van der Waals surface area contributed by atoms with Crippen molar-refractivity contribution in [2.24, 2.45) is 18.9 Å². The van der Waals surface area contributed by atoms with Gasteiger partial charge in [0, 0.05) is 33.1 Å². The summed E-state index contributed by atoms with van der Waals surface area (Å²) in [5.74, 6) is 2.29. The van der Waals surface area contributed by atoms with Gasteiger partial charge in [-0.1, -0.05) is 0 Å². The van der Waals surface area contributed by atoms with Crippen molar-refractivity contribution in [3.05, 3.63) is 23.5 Å². The average molecular weight is 393 g/mol. The number of rotatable bonds is 6. The summed E-state index contributed by atoms with van der Waals surface area (Å²) in [4.78, 5) is 0.368. The summed E-state index contributed by atoms with van der Waals surface area (Å²) in [6.45, 7) is 5.70. The number of hydrogen-bond donors (Lipinski definition) is 0. The zero-order chi connectivity index (χ0) is 19.2.